The van der Waals surface area contributed by atoms with Crippen molar-refractivity contribution in [1.29, 1.82) is 0 Å². The van der Waals surface area contributed by atoms with Crippen LogP contribution in [0.4, 0.5) is 10.2 Å². The van der Waals surface area contributed by atoms with Crippen LogP contribution in [0.1, 0.15) is 17.8 Å². The Morgan fingerprint density at radius 1 is 1.48 bits per heavy atom. The summed E-state index contributed by atoms with van der Waals surface area (Å²) in [4.78, 5) is 23.2. The average Bonchev–Trinajstić information content (AvgIpc) is 3.02. The van der Waals surface area contributed by atoms with Crippen molar-refractivity contribution in [1.82, 2.24) is 9.97 Å². The highest BCUT2D eigenvalue weighted by molar-refractivity contribution is 7.17. The Morgan fingerprint density at radius 3 is 2.95 bits per heavy atom. The lowest BCUT2D eigenvalue weighted by atomic mass is 10.1. The van der Waals surface area contributed by atoms with Gasteiger partial charge < -0.3 is 9.64 Å². The van der Waals surface area contributed by atoms with Crippen LogP contribution in [0.25, 0.3) is 10.2 Å². The molecule has 0 saturated carbocycles. The third kappa shape index (κ3) is 2.25. The summed E-state index contributed by atoms with van der Waals surface area (Å²) < 4.78 is 19.2. The van der Waals surface area contributed by atoms with Crippen molar-refractivity contribution >= 4 is 33.3 Å². The molecule has 1 saturated heterocycles. The Hall–Kier alpha value is -1.76. The van der Waals surface area contributed by atoms with Crippen LogP contribution < -0.4 is 4.90 Å². The van der Waals surface area contributed by atoms with E-state index < -0.39 is 11.6 Å². The number of thiophene rings is 1. The molecule has 7 heteroatoms. The highest BCUT2D eigenvalue weighted by Crippen LogP contribution is 2.36. The molecule has 21 heavy (non-hydrogen) atoms. The van der Waals surface area contributed by atoms with Crippen LogP contribution in [0, 0.1) is 13.8 Å². The molecule has 1 fully saturated rings. The molecule has 1 aliphatic heterocycles. The maximum absolute atomic E-state index is 14.6. The highest BCUT2D eigenvalue weighted by atomic mass is 32.1. The fourth-order valence-corrected chi connectivity index (χ4v) is 3.66. The zero-order valence-electron chi connectivity index (χ0n) is 12.1. The van der Waals surface area contributed by atoms with Crippen molar-refractivity contribution in [2.75, 3.05) is 25.1 Å². The number of fused-ring (bicyclic) bond motifs is 1. The standard InChI is InChI=1S/C14H16FN3O2S/c1-8-6-21-12-10(8)11(16-9(2)17-12)18-5-4-14(15,7-18)13(19)20-3/h6H,4-5,7H2,1-3H3. The molecule has 1 atom stereocenters. The van der Waals surface area contributed by atoms with Gasteiger partial charge in [-0.15, -0.1) is 11.3 Å². The van der Waals surface area contributed by atoms with Crippen LogP contribution in [-0.4, -0.2) is 41.8 Å². The second-order valence-corrected chi connectivity index (χ2v) is 6.18. The van der Waals surface area contributed by atoms with Crippen molar-refractivity contribution in [3.05, 3.63) is 16.8 Å². The maximum Gasteiger partial charge on any atom is 0.345 e. The number of aryl methyl sites for hydroxylation is 2. The number of hydrogen-bond donors (Lipinski definition) is 0. The Labute approximate surface area is 125 Å². The number of halogens is 1. The fourth-order valence-electron chi connectivity index (χ4n) is 2.70. The summed E-state index contributed by atoms with van der Waals surface area (Å²) in [6.07, 6.45) is 0.118. The zero-order chi connectivity index (χ0) is 15.2. The molecule has 2 aromatic rings. The molecule has 0 aromatic carbocycles. The van der Waals surface area contributed by atoms with Crippen LogP contribution in [0.15, 0.2) is 5.38 Å². The van der Waals surface area contributed by atoms with E-state index in [2.05, 4.69) is 14.7 Å². The molecule has 5 nitrogen and oxygen atoms in total. The summed E-state index contributed by atoms with van der Waals surface area (Å²) in [7, 11) is 1.21. The number of methoxy groups -OCH3 is 1. The average molecular weight is 309 g/mol. The first-order valence-electron chi connectivity index (χ1n) is 6.69. The number of carbonyl (C=O) groups is 1. The van der Waals surface area contributed by atoms with E-state index in [-0.39, 0.29) is 13.0 Å². The largest absolute Gasteiger partial charge is 0.467 e. The maximum atomic E-state index is 14.6. The number of hydrogen-bond acceptors (Lipinski definition) is 6. The summed E-state index contributed by atoms with van der Waals surface area (Å²) in [5, 5.41) is 2.96. The van der Waals surface area contributed by atoms with Gasteiger partial charge in [0.05, 0.1) is 19.0 Å². The van der Waals surface area contributed by atoms with Crippen molar-refractivity contribution in [3.8, 4) is 0 Å². The highest BCUT2D eigenvalue weighted by Gasteiger charge is 2.47. The van der Waals surface area contributed by atoms with Gasteiger partial charge in [0.15, 0.2) is 0 Å². The SMILES string of the molecule is COC(=O)C1(F)CCN(c2nc(C)nc3scc(C)c23)C1. The first-order chi connectivity index (χ1) is 9.94. The van der Waals surface area contributed by atoms with Gasteiger partial charge in [-0.25, -0.2) is 19.2 Å². The van der Waals surface area contributed by atoms with Gasteiger partial charge in [-0.05, 0) is 24.8 Å². The number of rotatable bonds is 2. The molecule has 112 valence electrons. The number of esters is 1. The minimum absolute atomic E-state index is 0.0273. The van der Waals surface area contributed by atoms with E-state index >= 15 is 0 Å². The minimum Gasteiger partial charge on any atom is -0.467 e. The van der Waals surface area contributed by atoms with Crippen LogP contribution in [0.3, 0.4) is 0 Å². The van der Waals surface area contributed by atoms with E-state index in [1.54, 1.807) is 11.3 Å². The predicted octanol–water partition coefficient (Wildman–Crippen LogP) is 2.40. The lowest BCUT2D eigenvalue weighted by Gasteiger charge is -2.20. The molecule has 0 radical (unpaired) electrons. The minimum atomic E-state index is -1.95. The van der Waals surface area contributed by atoms with Gasteiger partial charge >= 0.3 is 5.97 Å². The molecule has 0 spiro atoms. The topological polar surface area (TPSA) is 55.3 Å². The lowest BCUT2D eigenvalue weighted by molar-refractivity contribution is -0.153. The molecule has 0 N–H and O–H groups in total. The normalized spacial score (nSPS) is 22.0. The second kappa shape index (κ2) is 4.91. The third-order valence-electron chi connectivity index (χ3n) is 3.78. The second-order valence-electron chi connectivity index (χ2n) is 5.32. The fraction of sp³-hybridized carbons (Fsp3) is 0.500. The number of anilines is 1. The Bertz CT molecular complexity index is 718. The monoisotopic (exact) mass is 309 g/mol. The van der Waals surface area contributed by atoms with Crippen LogP contribution >= 0.6 is 11.3 Å². The first-order valence-corrected chi connectivity index (χ1v) is 7.57. The summed E-state index contributed by atoms with van der Waals surface area (Å²) in [5.74, 6) is 0.544. The lowest BCUT2D eigenvalue weighted by Crippen LogP contribution is -2.38. The predicted molar refractivity (Wildman–Crippen MR) is 79.6 cm³/mol. The number of ether oxygens (including phenoxy) is 1. The van der Waals surface area contributed by atoms with E-state index in [1.807, 2.05) is 24.1 Å². The molecule has 1 unspecified atom stereocenters. The molecule has 0 aliphatic carbocycles. The molecular weight excluding hydrogens is 293 g/mol. The third-order valence-corrected chi connectivity index (χ3v) is 4.77. The molecule has 3 heterocycles. The first kappa shape index (κ1) is 14.2. The van der Waals surface area contributed by atoms with Crippen LogP contribution in [0.2, 0.25) is 0 Å². The van der Waals surface area contributed by atoms with E-state index in [4.69, 9.17) is 0 Å². The van der Waals surface area contributed by atoms with Gasteiger partial charge in [-0.3, -0.25) is 0 Å². The Kier molecular flexibility index (Phi) is 3.32. The van der Waals surface area contributed by atoms with Gasteiger partial charge in [-0.2, -0.15) is 0 Å². The van der Waals surface area contributed by atoms with Gasteiger partial charge in [0.25, 0.3) is 0 Å². The molecule has 1 aliphatic rings. The summed E-state index contributed by atoms with van der Waals surface area (Å²) in [6.45, 7) is 4.21. The molecule has 2 aromatic heterocycles. The van der Waals surface area contributed by atoms with E-state index in [0.717, 1.165) is 15.8 Å². The number of nitrogens with zero attached hydrogens (tertiary/aromatic N) is 3. The van der Waals surface area contributed by atoms with Gasteiger partial charge in [0.1, 0.15) is 16.5 Å². The number of alkyl halides is 1. The van der Waals surface area contributed by atoms with E-state index in [1.165, 1.54) is 7.11 Å². The van der Waals surface area contributed by atoms with Crippen molar-refractivity contribution < 1.29 is 13.9 Å². The van der Waals surface area contributed by atoms with Crippen LogP contribution in [0.5, 0.6) is 0 Å². The smallest absolute Gasteiger partial charge is 0.345 e. The molecular formula is C14H16FN3O2S. The summed E-state index contributed by atoms with van der Waals surface area (Å²) in [5.41, 5.74) is -0.886. The molecule has 3 rings (SSSR count). The molecule has 0 amide bonds. The van der Waals surface area contributed by atoms with Gasteiger partial charge in [0, 0.05) is 13.0 Å². The van der Waals surface area contributed by atoms with Crippen molar-refractivity contribution in [2.45, 2.75) is 25.9 Å². The Morgan fingerprint density at radius 2 is 2.24 bits per heavy atom. The summed E-state index contributed by atoms with van der Waals surface area (Å²) >= 11 is 1.55. The van der Waals surface area contributed by atoms with Crippen molar-refractivity contribution in [3.63, 3.8) is 0 Å². The van der Waals surface area contributed by atoms with E-state index in [9.17, 15) is 9.18 Å². The summed E-state index contributed by atoms with van der Waals surface area (Å²) in [6, 6.07) is 0. The molecule has 0 bridgehead atoms. The van der Waals surface area contributed by atoms with Crippen LogP contribution in [-0.2, 0) is 9.53 Å². The van der Waals surface area contributed by atoms with Gasteiger partial charge in [-0.1, -0.05) is 0 Å². The van der Waals surface area contributed by atoms with Crippen molar-refractivity contribution in [2.24, 2.45) is 0 Å². The van der Waals surface area contributed by atoms with E-state index in [0.29, 0.717) is 18.2 Å². The Balaban J connectivity index is 2.02. The number of carbonyl (C=O) groups excluding carboxylic acids is 1. The number of aromatic nitrogens is 2. The van der Waals surface area contributed by atoms with Gasteiger partial charge in [0.2, 0.25) is 5.67 Å². The quantitative estimate of drug-likeness (QED) is 0.797. The zero-order valence-corrected chi connectivity index (χ0v) is 13.0.